The number of aryl methyl sites for hydroxylation is 1. The standard InChI is InChI=1S/C20H16FN5O2S/c1-12-17(13-7-3-2-4-8-13)18-23-19(24-20(28)26(18)25-12)29-11-16(27)22-15-10-6-5-9-14(15)21/h2-10H,11H2,1H3,(H,22,27)(H,23,24,28). The molecule has 9 heteroatoms. The smallest absolute Gasteiger partial charge is 0.323 e. The predicted octanol–water partition coefficient (Wildman–Crippen LogP) is 3.26. The molecule has 0 fully saturated rings. The third-order valence-corrected chi connectivity index (χ3v) is 5.07. The van der Waals surface area contributed by atoms with Gasteiger partial charge in [-0.25, -0.2) is 14.2 Å². The molecule has 0 aliphatic carbocycles. The van der Waals surface area contributed by atoms with Gasteiger partial charge in [-0.3, -0.25) is 9.78 Å². The first-order valence-electron chi connectivity index (χ1n) is 8.75. The zero-order valence-corrected chi connectivity index (χ0v) is 16.2. The molecule has 0 radical (unpaired) electrons. The Labute approximate surface area is 169 Å². The Morgan fingerprint density at radius 2 is 1.90 bits per heavy atom. The van der Waals surface area contributed by atoms with Gasteiger partial charge < -0.3 is 5.32 Å². The molecule has 0 spiro atoms. The van der Waals surface area contributed by atoms with Crippen LogP contribution in [-0.4, -0.2) is 31.2 Å². The molecule has 4 rings (SSSR count). The number of H-pyrrole nitrogens is 1. The molecule has 4 aromatic rings. The average Bonchev–Trinajstić information content (AvgIpc) is 3.05. The third-order valence-electron chi connectivity index (χ3n) is 4.20. The van der Waals surface area contributed by atoms with Gasteiger partial charge in [0, 0.05) is 5.56 Å². The molecule has 0 bridgehead atoms. The van der Waals surface area contributed by atoms with Crippen molar-refractivity contribution in [3.63, 3.8) is 0 Å². The van der Waals surface area contributed by atoms with Crippen LogP contribution in [0, 0.1) is 12.7 Å². The van der Waals surface area contributed by atoms with E-state index in [9.17, 15) is 14.0 Å². The van der Waals surface area contributed by atoms with Gasteiger partial charge in [0.15, 0.2) is 10.8 Å². The van der Waals surface area contributed by atoms with E-state index in [1.807, 2.05) is 37.3 Å². The second-order valence-corrected chi connectivity index (χ2v) is 7.19. The maximum atomic E-state index is 13.7. The fraction of sp³-hybridized carbons (Fsp3) is 0.100. The zero-order valence-electron chi connectivity index (χ0n) is 15.3. The van der Waals surface area contributed by atoms with Crippen LogP contribution >= 0.6 is 11.8 Å². The SMILES string of the molecule is Cc1nn2c(=O)[nH]c(SCC(=O)Nc3ccccc3F)nc2c1-c1ccccc1. The number of aromatic nitrogens is 4. The van der Waals surface area contributed by atoms with Crippen LogP contribution in [0.5, 0.6) is 0 Å². The number of carbonyl (C=O) groups is 1. The number of hydrogen-bond donors (Lipinski definition) is 2. The first kappa shape index (κ1) is 18.9. The minimum Gasteiger partial charge on any atom is -0.323 e. The molecule has 2 N–H and O–H groups in total. The number of anilines is 1. The van der Waals surface area contributed by atoms with Gasteiger partial charge in [0.05, 0.1) is 17.1 Å². The number of halogens is 1. The van der Waals surface area contributed by atoms with Gasteiger partial charge in [0.2, 0.25) is 5.91 Å². The monoisotopic (exact) mass is 409 g/mol. The van der Waals surface area contributed by atoms with E-state index in [1.54, 1.807) is 12.1 Å². The lowest BCUT2D eigenvalue weighted by Crippen LogP contribution is -2.20. The van der Waals surface area contributed by atoms with Gasteiger partial charge in [-0.2, -0.15) is 9.61 Å². The molecule has 7 nitrogen and oxygen atoms in total. The molecular formula is C20H16FN5O2S. The molecular weight excluding hydrogens is 393 g/mol. The van der Waals surface area contributed by atoms with Gasteiger partial charge in [-0.1, -0.05) is 54.2 Å². The van der Waals surface area contributed by atoms with Crippen molar-refractivity contribution in [1.82, 2.24) is 19.6 Å². The fourth-order valence-electron chi connectivity index (χ4n) is 2.92. The van der Waals surface area contributed by atoms with Gasteiger partial charge in [0.1, 0.15) is 5.82 Å². The normalized spacial score (nSPS) is 11.0. The van der Waals surface area contributed by atoms with Crippen molar-refractivity contribution in [3.8, 4) is 11.1 Å². The number of para-hydroxylation sites is 1. The van der Waals surface area contributed by atoms with Crippen LogP contribution in [-0.2, 0) is 4.79 Å². The van der Waals surface area contributed by atoms with E-state index in [0.29, 0.717) is 11.3 Å². The van der Waals surface area contributed by atoms with Crippen molar-refractivity contribution in [2.45, 2.75) is 12.1 Å². The first-order valence-corrected chi connectivity index (χ1v) is 9.74. The minimum atomic E-state index is -0.513. The Hall–Kier alpha value is -3.46. The van der Waals surface area contributed by atoms with Crippen LogP contribution in [0.2, 0.25) is 0 Å². The lowest BCUT2D eigenvalue weighted by atomic mass is 10.1. The fourth-order valence-corrected chi connectivity index (χ4v) is 3.57. The molecule has 0 atom stereocenters. The predicted molar refractivity (Wildman–Crippen MR) is 110 cm³/mol. The number of carbonyl (C=O) groups excluding carboxylic acids is 1. The lowest BCUT2D eigenvalue weighted by Gasteiger charge is -2.06. The van der Waals surface area contributed by atoms with Crippen LogP contribution in [0.3, 0.4) is 0 Å². The first-order chi connectivity index (χ1) is 14.0. The van der Waals surface area contributed by atoms with Crippen LogP contribution in [0.4, 0.5) is 10.1 Å². The van der Waals surface area contributed by atoms with Crippen molar-refractivity contribution in [2.75, 3.05) is 11.1 Å². The van der Waals surface area contributed by atoms with E-state index in [4.69, 9.17) is 0 Å². The second-order valence-electron chi connectivity index (χ2n) is 6.23. The van der Waals surface area contributed by atoms with Gasteiger partial charge in [-0.05, 0) is 24.6 Å². The highest BCUT2D eigenvalue weighted by Crippen LogP contribution is 2.27. The number of nitrogens with one attached hydrogen (secondary N) is 2. The number of rotatable bonds is 5. The Bertz CT molecular complexity index is 1250. The summed E-state index contributed by atoms with van der Waals surface area (Å²) in [5, 5.41) is 7.05. The molecule has 146 valence electrons. The van der Waals surface area contributed by atoms with Gasteiger partial charge in [-0.15, -0.1) is 0 Å². The number of amides is 1. The minimum absolute atomic E-state index is 0.0404. The van der Waals surface area contributed by atoms with E-state index in [1.165, 1.54) is 16.6 Å². The van der Waals surface area contributed by atoms with Gasteiger partial charge in [0.25, 0.3) is 0 Å². The summed E-state index contributed by atoms with van der Waals surface area (Å²) in [6, 6.07) is 15.5. The number of hydrogen-bond acceptors (Lipinski definition) is 5. The number of thioether (sulfide) groups is 1. The van der Waals surface area contributed by atoms with E-state index in [0.717, 1.165) is 22.9 Å². The molecule has 0 saturated heterocycles. The second kappa shape index (κ2) is 7.88. The quantitative estimate of drug-likeness (QED) is 0.494. The summed E-state index contributed by atoms with van der Waals surface area (Å²) >= 11 is 1.05. The highest BCUT2D eigenvalue weighted by molar-refractivity contribution is 7.99. The molecule has 0 aliphatic rings. The Kier molecular flexibility index (Phi) is 5.13. The maximum absolute atomic E-state index is 13.7. The summed E-state index contributed by atoms with van der Waals surface area (Å²) in [5.41, 5.74) is 2.40. The van der Waals surface area contributed by atoms with Crippen molar-refractivity contribution >= 4 is 29.0 Å². The number of aromatic amines is 1. The van der Waals surface area contributed by atoms with E-state index >= 15 is 0 Å². The van der Waals surface area contributed by atoms with Gasteiger partial charge >= 0.3 is 5.69 Å². The molecule has 29 heavy (non-hydrogen) atoms. The summed E-state index contributed by atoms with van der Waals surface area (Å²) in [6.07, 6.45) is 0. The lowest BCUT2D eigenvalue weighted by molar-refractivity contribution is -0.113. The van der Waals surface area contributed by atoms with Crippen molar-refractivity contribution in [2.24, 2.45) is 0 Å². The Morgan fingerprint density at radius 3 is 2.66 bits per heavy atom. The summed E-state index contributed by atoms with van der Waals surface area (Å²) < 4.78 is 14.9. The highest BCUT2D eigenvalue weighted by atomic mass is 32.2. The topological polar surface area (TPSA) is 92.2 Å². The summed E-state index contributed by atoms with van der Waals surface area (Å²) in [7, 11) is 0. The molecule has 2 aromatic heterocycles. The molecule has 0 aliphatic heterocycles. The van der Waals surface area contributed by atoms with Crippen LogP contribution in [0.1, 0.15) is 5.69 Å². The largest absolute Gasteiger partial charge is 0.350 e. The molecule has 0 unspecified atom stereocenters. The van der Waals surface area contributed by atoms with Crippen LogP contribution < -0.4 is 11.0 Å². The summed E-state index contributed by atoms with van der Waals surface area (Å²) in [6.45, 7) is 1.81. The molecule has 1 amide bonds. The van der Waals surface area contributed by atoms with Crippen LogP contribution in [0.15, 0.2) is 64.5 Å². The Morgan fingerprint density at radius 1 is 1.17 bits per heavy atom. The third kappa shape index (κ3) is 3.90. The molecule has 2 aromatic carbocycles. The molecule has 2 heterocycles. The number of nitrogens with zero attached hydrogens (tertiary/aromatic N) is 3. The summed E-state index contributed by atoms with van der Waals surface area (Å²) in [4.78, 5) is 31.7. The van der Waals surface area contributed by atoms with Crippen molar-refractivity contribution in [1.29, 1.82) is 0 Å². The molecule has 0 saturated carbocycles. The summed E-state index contributed by atoms with van der Waals surface area (Å²) in [5.74, 6) is -0.960. The van der Waals surface area contributed by atoms with E-state index < -0.39 is 17.4 Å². The van der Waals surface area contributed by atoms with Crippen LogP contribution in [0.25, 0.3) is 16.8 Å². The zero-order chi connectivity index (χ0) is 20.4. The number of fused-ring (bicyclic) bond motifs is 1. The maximum Gasteiger partial charge on any atom is 0.350 e. The van der Waals surface area contributed by atoms with Crippen molar-refractivity contribution in [3.05, 3.63) is 76.6 Å². The van der Waals surface area contributed by atoms with E-state index in [-0.39, 0.29) is 16.6 Å². The highest BCUT2D eigenvalue weighted by Gasteiger charge is 2.16. The average molecular weight is 409 g/mol. The van der Waals surface area contributed by atoms with E-state index in [2.05, 4.69) is 20.4 Å². The number of benzene rings is 2. The van der Waals surface area contributed by atoms with Crippen molar-refractivity contribution < 1.29 is 9.18 Å². The Balaban J connectivity index is 1.59.